The number of anilines is 1. The van der Waals surface area contributed by atoms with Crippen LogP contribution in [-0.4, -0.2) is 43.1 Å². The van der Waals surface area contributed by atoms with E-state index in [1.165, 1.54) is 6.33 Å². The predicted molar refractivity (Wildman–Crippen MR) is 76.3 cm³/mol. The number of nitrogens with zero attached hydrogens (tertiary/aromatic N) is 3. The number of hydrogen-bond acceptors (Lipinski definition) is 6. The quantitative estimate of drug-likeness (QED) is 0.617. The molecular formula is C11H13IN4O3. The molecule has 1 fully saturated rings. The van der Waals surface area contributed by atoms with Gasteiger partial charge in [-0.2, -0.15) is 0 Å². The highest BCUT2D eigenvalue weighted by Gasteiger charge is 2.42. The van der Waals surface area contributed by atoms with E-state index in [1.54, 1.807) is 17.7 Å². The minimum absolute atomic E-state index is 0.384. The molecule has 1 aliphatic rings. The topological polar surface area (TPSA) is 106 Å². The second-order valence-corrected chi connectivity index (χ2v) is 5.72. The van der Waals surface area contributed by atoms with Crippen LogP contribution >= 0.6 is 22.6 Å². The van der Waals surface area contributed by atoms with E-state index in [1.807, 2.05) is 0 Å². The van der Waals surface area contributed by atoms with Gasteiger partial charge in [-0.3, -0.25) is 0 Å². The average Bonchev–Trinajstić information content (AvgIpc) is 2.83. The molecule has 0 bridgehead atoms. The highest BCUT2D eigenvalue weighted by molar-refractivity contribution is 14.1. The van der Waals surface area contributed by atoms with Gasteiger partial charge < -0.3 is 25.3 Å². The molecule has 1 saturated heterocycles. The molecule has 7 nitrogen and oxygen atoms in total. The Morgan fingerprint density at radius 1 is 1.37 bits per heavy atom. The van der Waals surface area contributed by atoms with Crippen LogP contribution in [0.5, 0.6) is 0 Å². The predicted octanol–water partition coefficient (Wildman–Crippen LogP) is 0.257. The maximum Gasteiger partial charge on any atom is 0.164 e. The van der Waals surface area contributed by atoms with Gasteiger partial charge in [0, 0.05) is 9.77 Å². The highest BCUT2D eigenvalue weighted by atomic mass is 127. The smallest absolute Gasteiger partial charge is 0.164 e. The Morgan fingerprint density at radius 2 is 2.11 bits per heavy atom. The van der Waals surface area contributed by atoms with Crippen LogP contribution in [0.3, 0.4) is 0 Å². The summed E-state index contributed by atoms with van der Waals surface area (Å²) in [7, 11) is 0. The normalized spacial score (nSPS) is 31.2. The molecule has 0 amide bonds. The Balaban J connectivity index is 2.14. The first-order chi connectivity index (χ1) is 9.00. The number of hydrogen-bond donors (Lipinski definition) is 3. The number of fused-ring (bicyclic) bond motifs is 1. The van der Waals surface area contributed by atoms with Crippen molar-refractivity contribution in [3.63, 3.8) is 0 Å². The lowest BCUT2D eigenvalue weighted by atomic mass is 10.1. The monoisotopic (exact) mass is 376 g/mol. The third kappa shape index (κ3) is 1.90. The van der Waals surface area contributed by atoms with Gasteiger partial charge in [-0.1, -0.05) is 0 Å². The molecule has 8 heteroatoms. The molecule has 0 aliphatic carbocycles. The maximum absolute atomic E-state index is 10.0. The van der Waals surface area contributed by atoms with Crippen LogP contribution in [0.25, 0.3) is 11.0 Å². The molecule has 0 unspecified atom stereocenters. The molecule has 3 heterocycles. The molecule has 2 aromatic rings. The highest BCUT2D eigenvalue weighted by Crippen LogP contribution is 2.34. The lowest BCUT2D eigenvalue weighted by molar-refractivity contribution is -0.0297. The Kier molecular flexibility index (Phi) is 3.12. The van der Waals surface area contributed by atoms with E-state index in [-0.39, 0.29) is 0 Å². The molecule has 19 heavy (non-hydrogen) atoms. The van der Waals surface area contributed by atoms with E-state index in [0.717, 1.165) is 8.96 Å². The second-order valence-electron chi connectivity index (χ2n) is 4.55. The molecular weight excluding hydrogens is 363 g/mol. The summed E-state index contributed by atoms with van der Waals surface area (Å²) in [5, 5.41) is 20.6. The van der Waals surface area contributed by atoms with Gasteiger partial charge in [0.15, 0.2) is 6.23 Å². The van der Waals surface area contributed by atoms with Crippen LogP contribution < -0.4 is 5.73 Å². The molecule has 1 aliphatic heterocycles. The molecule has 0 aromatic carbocycles. The summed E-state index contributed by atoms with van der Waals surface area (Å²) >= 11 is 2.13. The van der Waals surface area contributed by atoms with Crippen LogP contribution in [0.1, 0.15) is 13.2 Å². The number of ether oxygens (including phenoxy) is 1. The Morgan fingerprint density at radius 3 is 2.74 bits per heavy atom. The van der Waals surface area contributed by atoms with Gasteiger partial charge in [0.05, 0.1) is 11.5 Å². The molecule has 2 aromatic heterocycles. The first-order valence-corrected chi connectivity index (χ1v) is 6.86. The van der Waals surface area contributed by atoms with Crippen molar-refractivity contribution in [1.29, 1.82) is 0 Å². The van der Waals surface area contributed by atoms with Gasteiger partial charge in [-0.25, -0.2) is 9.97 Å². The summed E-state index contributed by atoms with van der Waals surface area (Å²) in [5.41, 5.74) is 6.42. The van der Waals surface area contributed by atoms with Crippen molar-refractivity contribution in [3.05, 3.63) is 16.1 Å². The lowest BCUT2D eigenvalue weighted by Gasteiger charge is -2.17. The third-order valence-electron chi connectivity index (χ3n) is 3.34. The zero-order chi connectivity index (χ0) is 13.7. The van der Waals surface area contributed by atoms with E-state index in [2.05, 4.69) is 32.6 Å². The van der Waals surface area contributed by atoms with E-state index in [0.29, 0.717) is 11.5 Å². The van der Waals surface area contributed by atoms with Crippen LogP contribution in [-0.2, 0) is 4.74 Å². The Bertz CT molecular complexity index is 632. The summed E-state index contributed by atoms with van der Waals surface area (Å²) < 4.78 is 8.15. The first kappa shape index (κ1) is 13.0. The molecule has 0 spiro atoms. The molecule has 3 rings (SSSR count). The third-order valence-corrected chi connectivity index (χ3v) is 4.16. The Hall–Kier alpha value is -0.970. The van der Waals surface area contributed by atoms with Crippen LogP contribution in [0.2, 0.25) is 0 Å². The largest absolute Gasteiger partial charge is 0.388 e. The zero-order valence-electron chi connectivity index (χ0n) is 10.1. The summed E-state index contributed by atoms with van der Waals surface area (Å²) in [6.45, 7) is 1.72. The summed E-state index contributed by atoms with van der Waals surface area (Å²) in [6, 6.07) is 0. The van der Waals surface area contributed by atoms with Crippen molar-refractivity contribution in [1.82, 2.24) is 14.5 Å². The molecule has 0 radical (unpaired) electrons. The van der Waals surface area contributed by atoms with Crippen molar-refractivity contribution in [2.24, 2.45) is 0 Å². The van der Waals surface area contributed by atoms with Crippen molar-refractivity contribution >= 4 is 39.4 Å². The van der Waals surface area contributed by atoms with Crippen molar-refractivity contribution in [2.45, 2.75) is 31.5 Å². The van der Waals surface area contributed by atoms with E-state index in [9.17, 15) is 10.2 Å². The number of nitrogen functional groups attached to an aromatic ring is 1. The van der Waals surface area contributed by atoms with Crippen LogP contribution in [0.4, 0.5) is 5.82 Å². The summed E-state index contributed by atoms with van der Waals surface area (Å²) in [5.74, 6) is 0.384. The molecule has 4 atom stereocenters. The molecule has 4 N–H and O–H groups in total. The standard InChI is InChI=1S/C11H13IN4O3/c1-4-7(17)8(18)11(19-4)16-2-5(12)6-9(13)14-3-15-10(6)16/h2-4,7-8,11,17-18H,1H3,(H2,13,14,15)/t4-,7-,8-,11+/m1/s1. The van der Waals surface area contributed by atoms with Crippen LogP contribution in [0.15, 0.2) is 12.5 Å². The van der Waals surface area contributed by atoms with Gasteiger partial charge in [0.25, 0.3) is 0 Å². The summed E-state index contributed by atoms with van der Waals surface area (Å²) in [4.78, 5) is 8.14. The number of rotatable bonds is 1. The molecule has 102 valence electrons. The fourth-order valence-corrected chi connectivity index (χ4v) is 3.13. The average molecular weight is 376 g/mol. The number of aliphatic hydroxyl groups is 2. The van der Waals surface area contributed by atoms with Crippen molar-refractivity contribution in [3.8, 4) is 0 Å². The van der Waals surface area contributed by atoms with Crippen molar-refractivity contribution < 1.29 is 14.9 Å². The van der Waals surface area contributed by atoms with Crippen LogP contribution in [0, 0.1) is 3.57 Å². The number of aromatic nitrogens is 3. The van der Waals surface area contributed by atoms with E-state index < -0.39 is 24.5 Å². The van der Waals surface area contributed by atoms with Gasteiger partial charge >= 0.3 is 0 Å². The van der Waals surface area contributed by atoms with Gasteiger partial charge in [0.2, 0.25) is 0 Å². The summed E-state index contributed by atoms with van der Waals surface area (Å²) in [6.07, 6.45) is 0.122. The zero-order valence-corrected chi connectivity index (χ0v) is 12.2. The van der Waals surface area contributed by atoms with Gasteiger partial charge in [0.1, 0.15) is 30.0 Å². The van der Waals surface area contributed by atoms with E-state index >= 15 is 0 Å². The lowest BCUT2D eigenvalue weighted by Crippen LogP contribution is -2.30. The minimum Gasteiger partial charge on any atom is -0.388 e. The van der Waals surface area contributed by atoms with Gasteiger partial charge in [-0.05, 0) is 29.5 Å². The second kappa shape index (κ2) is 4.54. The minimum atomic E-state index is -1.00. The molecule has 0 saturated carbocycles. The SMILES string of the molecule is C[C@H]1O[C@H](n2cc(I)c3c(N)ncnc32)[C@H](O)[C@@H]1O. The fourth-order valence-electron chi connectivity index (χ4n) is 2.31. The fraction of sp³-hybridized carbons (Fsp3) is 0.455. The van der Waals surface area contributed by atoms with E-state index in [4.69, 9.17) is 10.5 Å². The maximum atomic E-state index is 10.0. The number of aliphatic hydroxyl groups excluding tert-OH is 2. The first-order valence-electron chi connectivity index (χ1n) is 5.79. The van der Waals surface area contributed by atoms with Crippen molar-refractivity contribution in [2.75, 3.05) is 5.73 Å². The number of nitrogens with two attached hydrogens (primary N) is 1. The number of halogens is 1. The van der Waals surface area contributed by atoms with Gasteiger partial charge in [-0.15, -0.1) is 0 Å². The Labute approximate surface area is 122 Å².